The first-order valence-electron chi connectivity index (χ1n) is 12.2. The summed E-state index contributed by atoms with van der Waals surface area (Å²) in [5.41, 5.74) is 7.43. The third-order valence-corrected chi connectivity index (χ3v) is 6.64. The zero-order chi connectivity index (χ0) is 27.8. The van der Waals surface area contributed by atoms with Gasteiger partial charge in [0.05, 0.1) is 19.8 Å². The summed E-state index contributed by atoms with van der Waals surface area (Å²) in [7, 11) is -4.69. The predicted molar refractivity (Wildman–Crippen MR) is 137 cm³/mol. The lowest BCUT2D eigenvalue weighted by atomic mass is 10.1. The van der Waals surface area contributed by atoms with Gasteiger partial charge in [-0.25, -0.2) is 0 Å². The molecule has 1 amide bonds. The number of ether oxygens (including phenoxy) is 4. The summed E-state index contributed by atoms with van der Waals surface area (Å²) in [6.07, 6.45) is -1.82. The van der Waals surface area contributed by atoms with Crippen LogP contribution in [0.5, 0.6) is 0 Å². The molecule has 12 heteroatoms. The number of hydrogen-bond acceptors (Lipinski definition) is 7. The topological polar surface area (TPSA) is 158 Å². The SMILES string of the molecule is NC(=O)c1ccc[n+]([C@@H]2O[C@H](COCc3ccccc3)[C@@H](OCc3ccccc3)[C@H]2OC(=O)CP(=O)(O)O)c1. The van der Waals surface area contributed by atoms with Crippen molar-refractivity contribution in [2.45, 2.75) is 37.8 Å². The number of aromatic nitrogens is 1. The zero-order valence-corrected chi connectivity index (χ0v) is 21.8. The van der Waals surface area contributed by atoms with Crippen molar-refractivity contribution >= 4 is 19.5 Å². The van der Waals surface area contributed by atoms with Gasteiger partial charge in [-0.05, 0) is 17.2 Å². The van der Waals surface area contributed by atoms with Crippen LogP contribution < -0.4 is 10.3 Å². The fourth-order valence-electron chi connectivity index (χ4n) is 4.20. The molecule has 39 heavy (non-hydrogen) atoms. The number of carbonyl (C=O) groups is 2. The van der Waals surface area contributed by atoms with Gasteiger partial charge in [0.15, 0.2) is 12.4 Å². The highest BCUT2D eigenvalue weighted by Gasteiger charge is 2.53. The van der Waals surface area contributed by atoms with Crippen LogP contribution in [0.4, 0.5) is 0 Å². The van der Waals surface area contributed by atoms with E-state index in [0.717, 1.165) is 11.1 Å². The Bertz CT molecular complexity index is 1300. The Hall–Kier alpha value is -3.44. The molecule has 0 saturated carbocycles. The fourth-order valence-corrected chi connectivity index (χ4v) is 4.61. The molecule has 3 aromatic rings. The van der Waals surface area contributed by atoms with Gasteiger partial charge < -0.3 is 34.5 Å². The highest BCUT2D eigenvalue weighted by atomic mass is 31.2. The van der Waals surface area contributed by atoms with Crippen LogP contribution in [0.2, 0.25) is 0 Å². The van der Waals surface area contributed by atoms with Gasteiger partial charge in [0.1, 0.15) is 23.9 Å². The smallest absolute Gasteiger partial charge is 0.336 e. The number of benzene rings is 2. The molecule has 1 aliphatic rings. The van der Waals surface area contributed by atoms with E-state index in [2.05, 4.69) is 0 Å². The number of pyridine rings is 1. The number of amides is 1. The van der Waals surface area contributed by atoms with Gasteiger partial charge in [0.25, 0.3) is 5.91 Å². The second kappa shape index (κ2) is 13.1. The van der Waals surface area contributed by atoms with Crippen LogP contribution in [0.1, 0.15) is 27.7 Å². The summed E-state index contributed by atoms with van der Waals surface area (Å²) in [5.74, 6) is -1.79. The minimum atomic E-state index is -4.69. The van der Waals surface area contributed by atoms with Crippen LogP contribution in [0.25, 0.3) is 0 Å². The van der Waals surface area contributed by atoms with E-state index < -0.39 is 50.2 Å². The molecule has 4 N–H and O–H groups in total. The molecular formula is C27H30N2O9P+. The first kappa shape index (κ1) is 28.6. The summed E-state index contributed by atoms with van der Waals surface area (Å²) in [4.78, 5) is 43.0. The molecule has 1 saturated heterocycles. The summed E-state index contributed by atoms with van der Waals surface area (Å²) in [6, 6.07) is 21.9. The number of nitrogens with two attached hydrogens (primary N) is 1. The van der Waals surface area contributed by atoms with E-state index >= 15 is 0 Å². The largest absolute Gasteiger partial charge is 0.449 e. The molecule has 2 heterocycles. The molecule has 0 radical (unpaired) electrons. The second-order valence-electron chi connectivity index (χ2n) is 9.01. The highest BCUT2D eigenvalue weighted by Crippen LogP contribution is 2.36. The Balaban J connectivity index is 1.62. The highest BCUT2D eigenvalue weighted by molar-refractivity contribution is 7.52. The summed E-state index contributed by atoms with van der Waals surface area (Å²) >= 11 is 0. The van der Waals surface area contributed by atoms with Gasteiger partial charge in [-0.2, -0.15) is 4.57 Å². The van der Waals surface area contributed by atoms with Gasteiger partial charge in [0.2, 0.25) is 6.10 Å². The minimum absolute atomic E-state index is 0.0630. The minimum Gasteiger partial charge on any atom is -0.449 e. The van der Waals surface area contributed by atoms with E-state index in [1.54, 1.807) is 12.3 Å². The number of esters is 1. The quantitative estimate of drug-likeness (QED) is 0.172. The standard InChI is InChI=1S/C27H29N2O9P/c28-26(31)21-12-7-13-29(14-21)27-25(38-23(30)18-39(32,33)34)24(36-16-20-10-5-2-6-11-20)22(37-27)17-35-15-19-8-3-1-4-9-19/h1-14,22,24-25,27H,15-18H2,(H3-,28,31,32,33,34)/p+1/t22-,24-,25-,27-/m1/s1. The number of primary amides is 1. The molecular weight excluding hydrogens is 527 g/mol. The first-order valence-corrected chi connectivity index (χ1v) is 14.0. The van der Waals surface area contributed by atoms with Crippen molar-refractivity contribution in [3.8, 4) is 0 Å². The molecule has 11 nitrogen and oxygen atoms in total. The maximum absolute atomic E-state index is 12.6. The molecule has 0 aliphatic carbocycles. The average Bonchev–Trinajstić information content (AvgIpc) is 3.24. The Morgan fingerprint density at radius 1 is 0.923 bits per heavy atom. The summed E-state index contributed by atoms with van der Waals surface area (Å²) < 4.78 is 36.9. The Morgan fingerprint density at radius 3 is 2.18 bits per heavy atom. The molecule has 206 valence electrons. The maximum Gasteiger partial charge on any atom is 0.336 e. The number of carbonyl (C=O) groups excluding carboxylic acids is 2. The van der Waals surface area contributed by atoms with E-state index in [-0.39, 0.29) is 18.8 Å². The first-order chi connectivity index (χ1) is 18.7. The van der Waals surface area contributed by atoms with Gasteiger partial charge in [-0.1, -0.05) is 60.7 Å². The van der Waals surface area contributed by atoms with E-state index in [1.165, 1.54) is 16.8 Å². The van der Waals surface area contributed by atoms with Crippen molar-refractivity contribution in [1.82, 2.24) is 0 Å². The van der Waals surface area contributed by atoms with E-state index in [4.69, 9.17) is 24.7 Å². The van der Waals surface area contributed by atoms with E-state index in [0.29, 0.717) is 6.61 Å². The average molecular weight is 558 g/mol. The van der Waals surface area contributed by atoms with Crippen LogP contribution in [0.15, 0.2) is 85.2 Å². The second-order valence-corrected chi connectivity index (χ2v) is 10.7. The van der Waals surface area contributed by atoms with Gasteiger partial charge in [-0.3, -0.25) is 14.2 Å². The molecule has 4 rings (SSSR count). The fraction of sp³-hybridized carbons (Fsp3) is 0.296. The molecule has 1 aliphatic heterocycles. The molecule has 0 spiro atoms. The van der Waals surface area contributed by atoms with Gasteiger partial charge >= 0.3 is 19.8 Å². The molecule has 1 fully saturated rings. The van der Waals surface area contributed by atoms with Crippen molar-refractivity contribution in [3.05, 3.63) is 102 Å². The molecule has 0 bridgehead atoms. The Kier molecular flexibility index (Phi) is 9.58. The maximum atomic E-state index is 12.6. The number of rotatable bonds is 12. The summed E-state index contributed by atoms with van der Waals surface area (Å²) in [5, 5.41) is 0. The van der Waals surface area contributed by atoms with Crippen molar-refractivity contribution in [2.75, 3.05) is 12.8 Å². The monoisotopic (exact) mass is 557 g/mol. The zero-order valence-electron chi connectivity index (χ0n) is 20.9. The van der Waals surface area contributed by atoms with Crippen LogP contribution in [0, 0.1) is 0 Å². The van der Waals surface area contributed by atoms with Gasteiger partial charge in [-0.15, -0.1) is 0 Å². The van der Waals surface area contributed by atoms with Gasteiger partial charge in [0, 0.05) is 6.07 Å². The van der Waals surface area contributed by atoms with E-state index in [1.807, 2.05) is 60.7 Å². The van der Waals surface area contributed by atoms with Crippen LogP contribution in [-0.2, 0) is 41.5 Å². The predicted octanol–water partition coefficient (Wildman–Crippen LogP) is 1.86. The van der Waals surface area contributed by atoms with Crippen molar-refractivity contribution < 1.29 is 47.5 Å². The lowest BCUT2D eigenvalue weighted by Crippen LogP contribution is -2.49. The van der Waals surface area contributed by atoms with Crippen LogP contribution in [-0.4, -0.2) is 52.7 Å². The van der Waals surface area contributed by atoms with Crippen LogP contribution in [0.3, 0.4) is 0 Å². The van der Waals surface area contributed by atoms with Crippen molar-refractivity contribution in [3.63, 3.8) is 0 Å². The van der Waals surface area contributed by atoms with Crippen molar-refractivity contribution in [1.29, 1.82) is 0 Å². The Morgan fingerprint density at radius 2 is 1.56 bits per heavy atom. The molecule has 0 unspecified atom stereocenters. The molecule has 4 atom stereocenters. The normalized spacial score (nSPS) is 21.0. The Labute approximate surface area is 225 Å². The lowest BCUT2D eigenvalue weighted by Gasteiger charge is -2.23. The molecule has 1 aromatic heterocycles. The summed E-state index contributed by atoms with van der Waals surface area (Å²) in [6.45, 7) is 0.506. The number of nitrogens with zero attached hydrogens (tertiary/aromatic N) is 1. The lowest BCUT2D eigenvalue weighted by molar-refractivity contribution is -0.765. The van der Waals surface area contributed by atoms with Crippen LogP contribution >= 0.6 is 7.60 Å². The third kappa shape index (κ3) is 8.27. The molecule has 2 aromatic carbocycles. The van der Waals surface area contributed by atoms with Crippen molar-refractivity contribution in [2.24, 2.45) is 5.73 Å². The third-order valence-electron chi connectivity index (χ3n) is 5.97. The van der Waals surface area contributed by atoms with E-state index in [9.17, 15) is 23.9 Å². The number of hydrogen-bond donors (Lipinski definition) is 3.